The van der Waals surface area contributed by atoms with Gasteiger partial charge in [-0.1, -0.05) is 11.6 Å². The minimum Gasteiger partial charge on any atom is -0.507 e. The summed E-state index contributed by atoms with van der Waals surface area (Å²) < 4.78 is 0. The number of phenolic OH excluding ortho intramolecular Hbond substituents is 1. The van der Waals surface area contributed by atoms with Crippen LogP contribution < -0.4 is 0 Å². The number of hydrogen-bond acceptors (Lipinski definition) is 2. The van der Waals surface area contributed by atoms with Crippen LogP contribution in [0.2, 0.25) is 5.02 Å². The van der Waals surface area contributed by atoms with Crippen molar-refractivity contribution in [1.29, 1.82) is 0 Å². The van der Waals surface area contributed by atoms with Gasteiger partial charge in [0.15, 0.2) is 0 Å². The lowest BCUT2D eigenvalue weighted by Crippen LogP contribution is -2.30. The smallest absolute Gasteiger partial charge is 0.257 e. The highest BCUT2D eigenvalue weighted by atomic mass is 35.5. The van der Waals surface area contributed by atoms with Crippen molar-refractivity contribution in [2.75, 3.05) is 13.1 Å². The first kappa shape index (κ1) is 11.9. The average molecular weight is 228 g/mol. The molecule has 0 atom stereocenters. The number of rotatable bonds is 3. The molecule has 0 bridgehead atoms. The van der Waals surface area contributed by atoms with E-state index in [0.717, 1.165) is 0 Å². The number of aromatic hydroxyl groups is 1. The topological polar surface area (TPSA) is 40.5 Å². The molecule has 1 N–H and O–H groups in total. The van der Waals surface area contributed by atoms with Crippen molar-refractivity contribution >= 4 is 17.5 Å². The minimum atomic E-state index is -0.194. The Morgan fingerprint density at radius 3 is 2.53 bits per heavy atom. The van der Waals surface area contributed by atoms with Crippen molar-refractivity contribution in [3.63, 3.8) is 0 Å². The zero-order valence-corrected chi connectivity index (χ0v) is 9.58. The van der Waals surface area contributed by atoms with Gasteiger partial charge in [-0.25, -0.2) is 0 Å². The van der Waals surface area contributed by atoms with Crippen LogP contribution in [0, 0.1) is 0 Å². The molecule has 0 fully saturated rings. The fourth-order valence-electron chi connectivity index (χ4n) is 1.36. The molecule has 0 aliphatic carbocycles. The average Bonchev–Trinajstić information content (AvgIpc) is 2.23. The number of nitrogens with zero attached hydrogens (tertiary/aromatic N) is 1. The van der Waals surface area contributed by atoms with E-state index in [9.17, 15) is 9.90 Å². The Kier molecular flexibility index (Phi) is 3.97. The number of carbonyl (C=O) groups excluding carboxylic acids is 1. The lowest BCUT2D eigenvalue weighted by molar-refractivity contribution is 0.0770. The molecule has 0 saturated carbocycles. The number of amides is 1. The van der Waals surface area contributed by atoms with Crippen molar-refractivity contribution in [3.05, 3.63) is 28.8 Å². The van der Waals surface area contributed by atoms with E-state index >= 15 is 0 Å². The predicted octanol–water partition coefficient (Wildman–Crippen LogP) is 2.53. The molecule has 0 heterocycles. The van der Waals surface area contributed by atoms with Gasteiger partial charge in [0.25, 0.3) is 5.91 Å². The molecule has 0 aromatic heterocycles. The third kappa shape index (κ3) is 2.63. The van der Waals surface area contributed by atoms with Crippen LogP contribution in [0.1, 0.15) is 24.2 Å². The van der Waals surface area contributed by atoms with Crippen LogP contribution in [0.15, 0.2) is 18.2 Å². The van der Waals surface area contributed by atoms with Crippen molar-refractivity contribution < 1.29 is 9.90 Å². The molecule has 0 spiro atoms. The largest absolute Gasteiger partial charge is 0.507 e. The molecule has 82 valence electrons. The first-order valence-electron chi connectivity index (χ1n) is 4.88. The summed E-state index contributed by atoms with van der Waals surface area (Å²) >= 11 is 5.77. The summed E-state index contributed by atoms with van der Waals surface area (Å²) in [7, 11) is 0. The third-order valence-electron chi connectivity index (χ3n) is 2.24. The quantitative estimate of drug-likeness (QED) is 0.862. The molecule has 0 unspecified atom stereocenters. The third-order valence-corrected chi connectivity index (χ3v) is 2.47. The molecular weight excluding hydrogens is 214 g/mol. The van der Waals surface area contributed by atoms with Crippen molar-refractivity contribution in [1.82, 2.24) is 4.90 Å². The van der Waals surface area contributed by atoms with Crippen LogP contribution >= 0.6 is 11.6 Å². The van der Waals surface area contributed by atoms with Crippen LogP contribution in [0.25, 0.3) is 0 Å². The maximum Gasteiger partial charge on any atom is 0.257 e. The summed E-state index contributed by atoms with van der Waals surface area (Å²) in [6.07, 6.45) is 0. The highest BCUT2D eigenvalue weighted by Gasteiger charge is 2.16. The van der Waals surface area contributed by atoms with Gasteiger partial charge in [0.2, 0.25) is 0 Å². The van der Waals surface area contributed by atoms with Gasteiger partial charge in [0.1, 0.15) is 5.75 Å². The number of carbonyl (C=O) groups is 1. The van der Waals surface area contributed by atoms with E-state index in [1.807, 2.05) is 13.8 Å². The van der Waals surface area contributed by atoms with Crippen molar-refractivity contribution in [3.8, 4) is 5.75 Å². The van der Waals surface area contributed by atoms with Gasteiger partial charge in [0.05, 0.1) is 5.56 Å². The number of phenols is 1. The maximum atomic E-state index is 11.9. The summed E-state index contributed by atoms with van der Waals surface area (Å²) in [5, 5.41) is 9.99. The van der Waals surface area contributed by atoms with Crippen LogP contribution in [0.3, 0.4) is 0 Å². The number of benzene rings is 1. The van der Waals surface area contributed by atoms with Crippen LogP contribution in [-0.2, 0) is 0 Å². The second-order valence-electron chi connectivity index (χ2n) is 3.14. The van der Waals surface area contributed by atoms with Gasteiger partial charge in [-0.3, -0.25) is 4.79 Å². The summed E-state index contributed by atoms with van der Waals surface area (Å²) in [4.78, 5) is 13.5. The standard InChI is InChI=1S/C11H14ClNO2/c1-3-13(4-2)11(15)9-7-8(12)5-6-10(9)14/h5-7,14H,3-4H2,1-2H3. The van der Waals surface area contributed by atoms with Crippen LogP contribution in [-0.4, -0.2) is 29.0 Å². The second-order valence-corrected chi connectivity index (χ2v) is 3.58. The summed E-state index contributed by atoms with van der Waals surface area (Å²) in [5.41, 5.74) is 0.256. The van der Waals surface area contributed by atoms with Gasteiger partial charge in [-0.15, -0.1) is 0 Å². The zero-order chi connectivity index (χ0) is 11.4. The van der Waals surface area contributed by atoms with E-state index < -0.39 is 0 Å². The van der Waals surface area contributed by atoms with Crippen molar-refractivity contribution in [2.45, 2.75) is 13.8 Å². The fraction of sp³-hybridized carbons (Fsp3) is 0.364. The molecule has 4 heteroatoms. The van der Waals surface area contributed by atoms with Crippen LogP contribution in [0.4, 0.5) is 0 Å². The first-order chi connectivity index (χ1) is 7.10. The number of halogens is 1. The summed E-state index contributed by atoms with van der Waals surface area (Å²) in [5.74, 6) is -0.226. The Labute approximate surface area is 94.3 Å². The Balaban J connectivity index is 3.04. The molecular formula is C11H14ClNO2. The normalized spacial score (nSPS) is 10.1. The monoisotopic (exact) mass is 227 g/mol. The molecule has 0 aliphatic rings. The molecule has 1 rings (SSSR count). The minimum absolute atomic E-state index is 0.0312. The summed E-state index contributed by atoms with van der Waals surface area (Å²) in [6.45, 7) is 5.01. The van der Waals surface area contributed by atoms with Gasteiger partial charge in [-0.05, 0) is 32.0 Å². The van der Waals surface area contributed by atoms with E-state index in [2.05, 4.69) is 0 Å². The Bertz CT molecular complexity index is 362. The maximum absolute atomic E-state index is 11.9. The zero-order valence-electron chi connectivity index (χ0n) is 8.83. The van der Waals surface area contributed by atoms with Crippen molar-refractivity contribution in [2.24, 2.45) is 0 Å². The first-order valence-corrected chi connectivity index (χ1v) is 5.25. The molecule has 15 heavy (non-hydrogen) atoms. The lowest BCUT2D eigenvalue weighted by atomic mass is 10.1. The summed E-state index contributed by atoms with van der Waals surface area (Å²) in [6, 6.07) is 4.46. The molecule has 1 aromatic rings. The van der Waals surface area contributed by atoms with Crippen LogP contribution in [0.5, 0.6) is 5.75 Å². The van der Waals surface area contributed by atoms with Gasteiger partial charge < -0.3 is 10.0 Å². The molecule has 1 amide bonds. The predicted molar refractivity (Wildman–Crippen MR) is 60.4 cm³/mol. The SMILES string of the molecule is CCN(CC)C(=O)c1cc(Cl)ccc1O. The van der Waals surface area contributed by atoms with Gasteiger partial charge >= 0.3 is 0 Å². The molecule has 0 radical (unpaired) electrons. The lowest BCUT2D eigenvalue weighted by Gasteiger charge is -2.19. The van der Waals surface area contributed by atoms with E-state index in [1.54, 1.807) is 11.0 Å². The van der Waals surface area contributed by atoms with E-state index in [0.29, 0.717) is 18.1 Å². The van der Waals surface area contributed by atoms with E-state index in [1.165, 1.54) is 12.1 Å². The van der Waals surface area contributed by atoms with Gasteiger partial charge in [0, 0.05) is 18.1 Å². The molecule has 1 aromatic carbocycles. The second kappa shape index (κ2) is 5.03. The van der Waals surface area contributed by atoms with Gasteiger partial charge in [-0.2, -0.15) is 0 Å². The Hall–Kier alpha value is -1.22. The Morgan fingerprint density at radius 2 is 2.00 bits per heavy atom. The molecule has 0 aliphatic heterocycles. The number of hydrogen-bond donors (Lipinski definition) is 1. The highest BCUT2D eigenvalue weighted by Crippen LogP contribution is 2.22. The fourth-order valence-corrected chi connectivity index (χ4v) is 1.53. The van der Waals surface area contributed by atoms with E-state index in [-0.39, 0.29) is 17.2 Å². The Morgan fingerprint density at radius 1 is 1.40 bits per heavy atom. The molecule has 0 saturated heterocycles. The highest BCUT2D eigenvalue weighted by molar-refractivity contribution is 6.31. The molecule has 3 nitrogen and oxygen atoms in total. The van der Waals surface area contributed by atoms with E-state index in [4.69, 9.17) is 11.6 Å².